The van der Waals surface area contributed by atoms with Gasteiger partial charge in [-0.15, -0.1) is 0 Å². The smallest absolute Gasteiger partial charge is 0.303 e. The summed E-state index contributed by atoms with van der Waals surface area (Å²) in [5.74, 6) is -2.33. The fourth-order valence-electron chi connectivity index (χ4n) is 1.29. The summed E-state index contributed by atoms with van der Waals surface area (Å²) in [5, 5.41) is 11.3. The number of carbonyl (C=O) groups is 1. The molecule has 0 spiro atoms. The first-order valence-corrected chi connectivity index (χ1v) is 4.89. The average Bonchev–Trinajstić information content (AvgIpc) is 2.15. The van der Waals surface area contributed by atoms with Crippen molar-refractivity contribution >= 4 is 11.7 Å². The van der Waals surface area contributed by atoms with E-state index in [0.29, 0.717) is 6.54 Å². The zero-order valence-electron chi connectivity index (χ0n) is 8.84. The minimum absolute atomic E-state index is 0.00974. The Hall–Kier alpha value is -1.65. The van der Waals surface area contributed by atoms with Gasteiger partial charge in [-0.05, 0) is 18.1 Å². The van der Waals surface area contributed by atoms with Crippen molar-refractivity contribution in [1.29, 1.82) is 0 Å². The van der Waals surface area contributed by atoms with Crippen LogP contribution in [0.15, 0.2) is 18.2 Å². The van der Waals surface area contributed by atoms with Crippen LogP contribution in [0.4, 0.5) is 14.5 Å². The molecule has 0 saturated carbocycles. The normalized spacial score (nSPS) is 12.2. The molecule has 0 bridgehead atoms. The molecule has 16 heavy (non-hydrogen) atoms. The molecule has 0 radical (unpaired) electrons. The van der Waals surface area contributed by atoms with Crippen LogP contribution in [0.2, 0.25) is 0 Å². The molecule has 0 aliphatic heterocycles. The molecule has 3 nitrogen and oxygen atoms in total. The molecule has 0 fully saturated rings. The third-order valence-corrected chi connectivity index (χ3v) is 2.10. The molecule has 1 unspecified atom stereocenters. The van der Waals surface area contributed by atoms with E-state index in [0.717, 1.165) is 12.1 Å². The lowest BCUT2D eigenvalue weighted by Gasteiger charge is -2.11. The van der Waals surface area contributed by atoms with Gasteiger partial charge in [0.1, 0.15) is 11.6 Å². The molecule has 0 aliphatic rings. The van der Waals surface area contributed by atoms with Gasteiger partial charge in [0.2, 0.25) is 0 Å². The van der Waals surface area contributed by atoms with Crippen LogP contribution in [0.1, 0.15) is 13.3 Å². The zero-order chi connectivity index (χ0) is 12.1. The summed E-state index contributed by atoms with van der Waals surface area (Å²) >= 11 is 0. The van der Waals surface area contributed by atoms with Crippen molar-refractivity contribution in [3.63, 3.8) is 0 Å². The van der Waals surface area contributed by atoms with Crippen molar-refractivity contribution < 1.29 is 18.7 Å². The molecule has 2 N–H and O–H groups in total. The second-order valence-electron chi connectivity index (χ2n) is 3.71. The first-order valence-electron chi connectivity index (χ1n) is 4.89. The number of hydrogen-bond acceptors (Lipinski definition) is 2. The Bertz CT molecular complexity index is 382. The Balaban J connectivity index is 2.51. The second kappa shape index (κ2) is 5.44. The van der Waals surface area contributed by atoms with Crippen LogP contribution in [0.25, 0.3) is 0 Å². The number of carboxylic acids is 1. The van der Waals surface area contributed by atoms with E-state index in [9.17, 15) is 13.6 Å². The molecule has 0 saturated heterocycles. The van der Waals surface area contributed by atoms with Gasteiger partial charge in [-0.25, -0.2) is 8.78 Å². The Morgan fingerprint density at radius 1 is 1.50 bits per heavy atom. The number of anilines is 1. The summed E-state index contributed by atoms with van der Waals surface area (Å²) in [6.07, 6.45) is 0.00974. The molecule has 0 amide bonds. The minimum Gasteiger partial charge on any atom is -0.481 e. The lowest BCUT2D eigenvalue weighted by atomic mass is 10.1. The van der Waals surface area contributed by atoms with E-state index in [1.54, 1.807) is 6.92 Å². The van der Waals surface area contributed by atoms with Gasteiger partial charge in [0.15, 0.2) is 0 Å². The fourth-order valence-corrected chi connectivity index (χ4v) is 1.29. The first-order chi connectivity index (χ1) is 7.49. The topological polar surface area (TPSA) is 49.3 Å². The van der Waals surface area contributed by atoms with Crippen LogP contribution in [-0.2, 0) is 4.79 Å². The third-order valence-electron chi connectivity index (χ3n) is 2.10. The highest BCUT2D eigenvalue weighted by molar-refractivity contribution is 5.67. The Morgan fingerprint density at radius 3 is 2.75 bits per heavy atom. The lowest BCUT2D eigenvalue weighted by Crippen LogP contribution is -2.15. The molecule has 5 heteroatoms. The average molecular weight is 229 g/mol. The van der Waals surface area contributed by atoms with Gasteiger partial charge >= 0.3 is 5.97 Å². The molecule has 0 aromatic heterocycles. The van der Waals surface area contributed by atoms with Gasteiger partial charge in [0, 0.05) is 19.0 Å². The van der Waals surface area contributed by atoms with Crippen molar-refractivity contribution in [2.24, 2.45) is 5.92 Å². The van der Waals surface area contributed by atoms with Crippen LogP contribution in [0.5, 0.6) is 0 Å². The highest BCUT2D eigenvalue weighted by Crippen LogP contribution is 2.15. The second-order valence-corrected chi connectivity index (χ2v) is 3.71. The molecule has 1 aromatic carbocycles. The minimum atomic E-state index is -0.895. The number of hydrogen-bond donors (Lipinski definition) is 2. The number of benzene rings is 1. The van der Waals surface area contributed by atoms with Crippen molar-refractivity contribution in [2.45, 2.75) is 13.3 Å². The highest BCUT2D eigenvalue weighted by atomic mass is 19.1. The summed E-state index contributed by atoms with van der Waals surface area (Å²) in [4.78, 5) is 10.4. The number of nitrogens with one attached hydrogen (secondary N) is 1. The van der Waals surface area contributed by atoms with Crippen LogP contribution in [0.3, 0.4) is 0 Å². The van der Waals surface area contributed by atoms with E-state index in [1.165, 1.54) is 6.07 Å². The number of carboxylic acid groups (broad SMARTS) is 1. The van der Waals surface area contributed by atoms with E-state index >= 15 is 0 Å². The van der Waals surface area contributed by atoms with Crippen LogP contribution in [-0.4, -0.2) is 17.6 Å². The highest BCUT2D eigenvalue weighted by Gasteiger charge is 2.09. The Labute approximate surface area is 92.1 Å². The van der Waals surface area contributed by atoms with Crippen molar-refractivity contribution in [3.05, 3.63) is 29.8 Å². The largest absolute Gasteiger partial charge is 0.481 e. The fraction of sp³-hybridized carbons (Fsp3) is 0.364. The monoisotopic (exact) mass is 229 g/mol. The summed E-state index contributed by atoms with van der Waals surface area (Å²) in [5.41, 5.74) is 0.179. The van der Waals surface area contributed by atoms with Crippen molar-refractivity contribution in [1.82, 2.24) is 0 Å². The maximum atomic E-state index is 13.1. The van der Waals surface area contributed by atoms with E-state index in [-0.39, 0.29) is 18.0 Å². The van der Waals surface area contributed by atoms with E-state index < -0.39 is 17.6 Å². The van der Waals surface area contributed by atoms with Gasteiger partial charge in [-0.3, -0.25) is 4.79 Å². The molecule has 1 atom stereocenters. The van der Waals surface area contributed by atoms with Crippen LogP contribution < -0.4 is 5.32 Å². The molecule has 1 rings (SSSR count). The third kappa shape index (κ3) is 3.84. The quantitative estimate of drug-likeness (QED) is 0.815. The van der Waals surface area contributed by atoms with Crippen molar-refractivity contribution in [3.8, 4) is 0 Å². The predicted molar refractivity (Wildman–Crippen MR) is 56.3 cm³/mol. The maximum absolute atomic E-state index is 13.1. The predicted octanol–water partition coefficient (Wildman–Crippen LogP) is 2.49. The van der Waals surface area contributed by atoms with Gasteiger partial charge < -0.3 is 10.4 Å². The number of halogens is 2. The van der Waals surface area contributed by atoms with E-state index in [1.807, 2.05) is 0 Å². The van der Waals surface area contributed by atoms with Crippen LogP contribution in [0, 0.1) is 17.6 Å². The van der Waals surface area contributed by atoms with E-state index in [4.69, 9.17) is 5.11 Å². The number of aliphatic carboxylic acids is 1. The lowest BCUT2D eigenvalue weighted by molar-refractivity contribution is -0.137. The van der Waals surface area contributed by atoms with Gasteiger partial charge in [0.25, 0.3) is 0 Å². The summed E-state index contributed by atoms with van der Waals surface area (Å²) in [6.45, 7) is 2.07. The van der Waals surface area contributed by atoms with E-state index in [2.05, 4.69) is 5.32 Å². The SMILES string of the molecule is CC(CNc1ccc(F)cc1F)CC(=O)O. The maximum Gasteiger partial charge on any atom is 0.303 e. The molecular formula is C11H13F2NO2. The van der Waals surface area contributed by atoms with Gasteiger partial charge in [0.05, 0.1) is 5.69 Å². The first kappa shape index (κ1) is 12.4. The Kier molecular flexibility index (Phi) is 4.22. The van der Waals surface area contributed by atoms with Crippen molar-refractivity contribution in [2.75, 3.05) is 11.9 Å². The summed E-state index contributed by atoms with van der Waals surface area (Å²) in [6, 6.07) is 3.22. The van der Waals surface area contributed by atoms with Gasteiger partial charge in [-0.1, -0.05) is 6.92 Å². The standard InChI is InChI=1S/C11H13F2NO2/c1-7(4-11(15)16)6-14-10-3-2-8(12)5-9(10)13/h2-3,5,7,14H,4,6H2,1H3,(H,15,16). The molecule has 88 valence electrons. The summed E-state index contributed by atoms with van der Waals surface area (Å²) in [7, 11) is 0. The molecule has 1 aromatic rings. The molecular weight excluding hydrogens is 216 g/mol. The summed E-state index contributed by atoms with van der Waals surface area (Å²) < 4.78 is 25.7. The van der Waals surface area contributed by atoms with Crippen LogP contribution >= 0.6 is 0 Å². The molecule has 0 heterocycles. The Morgan fingerprint density at radius 2 is 2.19 bits per heavy atom. The number of rotatable bonds is 5. The zero-order valence-corrected chi connectivity index (χ0v) is 8.84. The van der Waals surface area contributed by atoms with Gasteiger partial charge in [-0.2, -0.15) is 0 Å². The molecule has 0 aliphatic carbocycles.